The zero-order chi connectivity index (χ0) is 50.8. The molecular weight excluding hydrogens is 869 g/mol. The van der Waals surface area contributed by atoms with Crippen molar-refractivity contribution in [2.24, 2.45) is 0 Å². The number of anilines is 6. The zero-order valence-corrected chi connectivity index (χ0v) is 46.1. The molecule has 1 atom stereocenters. The van der Waals surface area contributed by atoms with Crippen molar-refractivity contribution < 1.29 is 0 Å². The van der Waals surface area contributed by atoms with Crippen molar-refractivity contribution in [1.82, 2.24) is 0 Å². The molecule has 0 aromatic heterocycles. The average molecular weight is 955 g/mol. The standard InChI is InChI=1S/C70H86N2/c1-11-14-17-20-21-24-41-70(59-46-57(25-22-18-15-12-2)45-58(47-59)26-23-19-16-13-3)66-48-62(71(60-32-27-50(4)28-33-60)68-40-31-52(6)42-54(68)8)36-38-64(66)65-39-37-63(49-67(65)70)72(61-34-29-51(5)30-35-61)69-55(9)43-53(7)44-56(69)10/h27-40,42-49H,11-26,41H2,1-10H3. The number of nitrogens with zero attached hydrogens (tertiary/aromatic N) is 2. The summed E-state index contributed by atoms with van der Waals surface area (Å²) in [6, 6.07) is 53.1. The van der Waals surface area contributed by atoms with Crippen LogP contribution in [0.4, 0.5) is 34.1 Å². The topological polar surface area (TPSA) is 6.48 Å². The molecule has 0 fully saturated rings. The Balaban J connectivity index is 1.42. The van der Waals surface area contributed by atoms with Crippen LogP contribution < -0.4 is 9.80 Å². The summed E-state index contributed by atoms with van der Waals surface area (Å²) in [6.45, 7) is 22.7. The Morgan fingerprint density at radius 3 is 1.29 bits per heavy atom. The Hall–Kier alpha value is -5.86. The van der Waals surface area contributed by atoms with Gasteiger partial charge < -0.3 is 9.80 Å². The third kappa shape index (κ3) is 11.7. The summed E-state index contributed by atoms with van der Waals surface area (Å²) in [4.78, 5) is 5.10. The maximum Gasteiger partial charge on any atom is 0.0520 e. The van der Waals surface area contributed by atoms with E-state index >= 15 is 0 Å². The fraction of sp³-hybridized carbons (Fsp3) is 0.400. The molecular formula is C70H86N2. The van der Waals surface area contributed by atoms with Crippen LogP contribution in [0.5, 0.6) is 0 Å². The molecule has 7 aromatic carbocycles. The maximum absolute atomic E-state index is 2.69. The first-order valence-corrected chi connectivity index (χ1v) is 28.3. The van der Waals surface area contributed by atoms with E-state index in [1.165, 1.54) is 202 Å². The quantitative estimate of drug-likeness (QED) is 0.0557. The summed E-state index contributed by atoms with van der Waals surface area (Å²) < 4.78 is 0. The molecule has 0 spiro atoms. The molecule has 1 aliphatic rings. The number of fused-ring (bicyclic) bond motifs is 3. The number of benzene rings is 7. The molecule has 2 heteroatoms. The van der Waals surface area contributed by atoms with E-state index in [1.54, 1.807) is 0 Å². The first kappa shape index (κ1) is 52.5. The Bertz CT molecular complexity index is 2850. The maximum atomic E-state index is 2.69. The first-order chi connectivity index (χ1) is 34.9. The summed E-state index contributed by atoms with van der Waals surface area (Å²) in [5.74, 6) is 0. The van der Waals surface area contributed by atoms with Crippen molar-refractivity contribution in [3.8, 4) is 11.1 Å². The van der Waals surface area contributed by atoms with Crippen molar-refractivity contribution in [2.75, 3.05) is 9.80 Å². The average Bonchev–Trinajstić information content (AvgIpc) is 3.64. The highest BCUT2D eigenvalue weighted by atomic mass is 15.2. The molecule has 0 saturated heterocycles. The highest BCUT2D eigenvalue weighted by Crippen LogP contribution is 2.58. The van der Waals surface area contributed by atoms with Crippen molar-refractivity contribution >= 4 is 34.1 Å². The minimum atomic E-state index is -0.378. The van der Waals surface area contributed by atoms with E-state index in [0.29, 0.717) is 0 Å². The number of rotatable bonds is 24. The molecule has 0 saturated carbocycles. The molecule has 72 heavy (non-hydrogen) atoms. The van der Waals surface area contributed by atoms with Gasteiger partial charge in [0.2, 0.25) is 0 Å². The van der Waals surface area contributed by atoms with Crippen molar-refractivity contribution in [3.63, 3.8) is 0 Å². The second kappa shape index (κ2) is 24.2. The molecule has 1 unspecified atom stereocenters. The largest absolute Gasteiger partial charge is 0.310 e. The van der Waals surface area contributed by atoms with Crippen LogP contribution in [0.2, 0.25) is 0 Å². The summed E-state index contributed by atoms with van der Waals surface area (Å²) in [6.07, 6.45) is 21.0. The molecule has 2 nitrogen and oxygen atoms in total. The van der Waals surface area contributed by atoms with Gasteiger partial charge in [0.25, 0.3) is 0 Å². The molecule has 0 radical (unpaired) electrons. The Kier molecular flexibility index (Phi) is 17.7. The van der Waals surface area contributed by atoms with Gasteiger partial charge in [0, 0.05) is 33.9 Å². The Labute approximate surface area is 437 Å². The van der Waals surface area contributed by atoms with Gasteiger partial charge in [-0.3, -0.25) is 0 Å². The molecule has 1 aliphatic carbocycles. The van der Waals surface area contributed by atoms with E-state index in [-0.39, 0.29) is 5.41 Å². The summed E-state index contributed by atoms with van der Waals surface area (Å²) in [7, 11) is 0. The number of aryl methyl sites for hydroxylation is 9. The summed E-state index contributed by atoms with van der Waals surface area (Å²) in [5, 5.41) is 0. The number of hydrogen-bond acceptors (Lipinski definition) is 2. The van der Waals surface area contributed by atoms with Crippen LogP contribution in [0.15, 0.2) is 133 Å². The highest BCUT2D eigenvalue weighted by Gasteiger charge is 2.45. The number of unbranched alkanes of at least 4 members (excludes halogenated alkanes) is 11. The first-order valence-electron chi connectivity index (χ1n) is 28.3. The van der Waals surface area contributed by atoms with E-state index < -0.39 is 0 Å². The van der Waals surface area contributed by atoms with Crippen LogP contribution in [0, 0.1) is 48.5 Å². The molecule has 0 heterocycles. The van der Waals surface area contributed by atoms with E-state index in [9.17, 15) is 0 Å². The minimum Gasteiger partial charge on any atom is -0.310 e. The van der Waals surface area contributed by atoms with Gasteiger partial charge in [0.1, 0.15) is 0 Å². The van der Waals surface area contributed by atoms with Gasteiger partial charge >= 0.3 is 0 Å². The predicted molar refractivity (Wildman–Crippen MR) is 314 cm³/mol. The van der Waals surface area contributed by atoms with Gasteiger partial charge in [0.05, 0.1) is 5.69 Å². The van der Waals surface area contributed by atoms with Crippen LogP contribution >= 0.6 is 0 Å². The monoisotopic (exact) mass is 955 g/mol. The summed E-state index contributed by atoms with van der Waals surface area (Å²) >= 11 is 0. The molecule has 376 valence electrons. The minimum absolute atomic E-state index is 0.378. The summed E-state index contributed by atoms with van der Waals surface area (Å²) in [5.41, 5.74) is 26.1. The molecule has 7 aromatic rings. The fourth-order valence-electron chi connectivity index (χ4n) is 12.2. The zero-order valence-electron chi connectivity index (χ0n) is 46.1. The third-order valence-electron chi connectivity index (χ3n) is 15.9. The second-order valence-corrected chi connectivity index (χ2v) is 21.9. The van der Waals surface area contributed by atoms with Gasteiger partial charge in [-0.1, -0.05) is 199 Å². The molecule has 0 aliphatic heterocycles. The van der Waals surface area contributed by atoms with Crippen LogP contribution in [0.25, 0.3) is 11.1 Å². The lowest BCUT2D eigenvalue weighted by atomic mass is 9.68. The molecule has 0 bridgehead atoms. The second-order valence-electron chi connectivity index (χ2n) is 21.9. The normalized spacial score (nSPS) is 13.9. The van der Waals surface area contributed by atoms with Crippen LogP contribution in [-0.2, 0) is 18.3 Å². The third-order valence-corrected chi connectivity index (χ3v) is 15.9. The highest BCUT2D eigenvalue weighted by molar-refractivity contribution is 5.91. The van der Waals surface area contributed by atoms with Gasteiger partial charge in [-0.15, -0.1) is 0 Å². The van der Waals surface area contributed by atoms with Gasteiger partial charge in [-0.25, -0.2) is 0 Å². The predicted octanol–water partition coefficient (Wildman–Crippen LogP) is 21.1. The molecule has 0 amide bonds. The van der Waals surface area contributed by atoms with Crippen molar-refractivity contribution in [1.29, 1.82) is 0 Å². The van der Waals surface area contributed by atoms with Crippen LogP contribution in [0.1, 0.15) is 184 Å². The SMILES string of the molecule is CCCCCCCCC1(c2cc(CCCCCC)cc(CCCCCC)c2)c2cc(N(c3ccc(C)cc3)c3ccc(C)cc3C)ccc2-c2ccc(N(c3ccc(C)cc3)c3c(C)cc(C)cc3C)cc21. The van der Waals surface area contributed by atoms with Crippen LogP contribution in [-0.4, -0.2) is 0 Å². The van der Waals surface area contributed by atoms with Crippen molar-refractivity contribution in [2.45, 2.75) is 184 Å². The fourth-order valence-corrected chi connectivity index (χ4v) is 12.2. The van der Waals surface area contributed by atoms with E-state index in [0.717, 1.165) is 19.3 Å². The Morgan fingerprint density at radius 2 is 0.778 bits per heavy atom. The van der Waals surface area contributed by atoms with Gasteiger partial charge in [-0.2, -0.15) is 0 Å². The van der Waals surface area contributed by atoms with E-state index in [2.05, 4.69) is 212 Å². The smallest absolute Gasteiger partial charge is 0.0520 e. The molecule has 0 N–H and O–H groups in total. The van der Waals surface area contributed by atoms with Crippen molar-refractivity contribution in [3.05, 3.63) is 200 Å². The number of hydrogen-bond donors (Lipinski definition) is 0. The van der Waals surface area contributed by atoms with Gasteiger partial charge in [0.15, 0.2) is 0 Å². The Morgan fingerprint density at radius 1 is 0.347 bits per heavy atom. The molecule has 8 rings (SSSR count). The van der Waals surface area contributed by atoms with Crippen LogP contribution in [0.3, 0.4) is 0 Å². The lowest BCUT2D eigenvalue weighted by Gasteiger charge is -2.36. The lowest BCUT2D eigenvalue weighted by molar-refractivity contribution is 0.505. The van der Waals surface area contributed by atoms with E-state index in [4.69, 9.17) is 0 Å². The lowest BCUT2D eigenvalue weighted by Crippen LogP contribution is -2.28. The van der Waals surface area contributed by atoms with Gasteiger partial charge in [-0.05, 0) is 191 Å². The van der Waals surface area contributed by atoms with E-state index in [1.807, 2.05) is 0 Å².